The molecular formula is C14H14N2O4. The van der Waals surface area contributed by atoms with E-state index in [0.29, 0.717) is 25.9 Å². The van der Waals surface area contributed by atoms with E-state index in [-0.39, 0.29) is 17.4 Å². The molecule has 1 atom stereocenters. The molecule has 2 heterocycles. The number of carbonyl (C=O) groups excluding carboxylic acids is 2. The topological polar surface area (TPSA) is 86.7 Å². The molecule has 1 saturated heterocycles. The number of rotatable bonds is 2. The van der Waals surface area contributed by atoms with Gasteiger partial charge in [0.25, 0.3) is 0 Å². The average molecular weight is 274 g/mol. The Labute approximate surface area is 115 Å². The van der Waals surface area contributed by atoms with Crippen LogP contribution in [0.3, 0.4) is 0 Å². The maximum Gasteiger partial charge on any atom is 0.335 e. The lowest BCUT2D eigenvalue weighted by molar-refractivity contribution is -0.134. The molecule has 0 radical (unpaired) electrons. The number of carbonyl (C=O) groups is 3. The third kappa shape index (κ3) is 2.13. The molecule has 0 saturated carbocycles. The van der Waals surface area contributed by atoms with Gasteiger partial charge in [-0.1, -0.05) is 6.07 Å². The van der Waals surface area contributed by atoms with Crippen LogP contribution in [-0.2, 0) is 22.7 Å². The molecule has 1 fully saturated rings. The summed E-state index contributed by atoms with van der Waals surface area (Å²) in [4.78, 5) is 36.0. The Balaban J connectivity index is 1.75. The molecule has 0 spiro atoms. The molecule has 20 heavy (non-hydrogen) atoms. The third-order valence-corrected chi connectivity index (χ3v) is 3.78. The predicted octanol–water partition coefficient (Wildman–Crippen LogP) is 0.506. The van der Waals surface area contributed by atoms with Gasteiger partial charge in [-0.15, -0.1) is 0 Å². The first-order valence-electron chi connectivity index (χ1n) is 6.48. The van der Waals surface area contributed by atoms with Crippen LogP contribution in [0.15, 0.2) is 18.2 Å². The monoisotopic (exact) mass is 274 g/mol. The van der Waals surface area contributed by atoms with Crippen LogP contribution in [0.4, 0.5) is 0 Å². The van der Waals surface area contributed by atoms with Crippen molar-refractivity contribution >= 4 is 17.8 Å². The zero-order valence-electron chi connectivity index (χ0n) is 10.8. The molecule has 2 N–H and O–H groups in total. The van der Waals surface area contributed by atoms with Gasteiger partial charge in [-0.3, -0.25) is 9.59 Å². The Morgan fingerprint density at radius 2 is 2.00 bits per heavy atom. The van der Waals surface area contributed by atoms with Gasteiger partial charge in [0.05, 0.1) is 5.56 Å². The van der Waals surface area contributed by atoms with Crippen molar-refractivity contribution in [2.75, 3.05) is 0 Å². The van der Waals surface area contributed by atoms with E-state index in [1.54, 1.807) is 23.1 Å². The lowest BCUT2D eigenvalue weighted by Crippen LogP contribution is -2.42. The van der Waals surface area contributed by atoms with Crippen LogP contribution in [0.5, 0.6) is 0 Å². The first-order chi connectivity index (χ1) is 9.54. The number of nitrogens with one attached hydrogen (secondary N) is 1. The van der Waals surface area contributed by atoms with Crippen molar-refractivity contribution in [2.24, 2.45) is 0 Å². The molecule has 2 amide bonds. The highest BCUT2D eigenvalue weighted by molar-refractivity contribution is 5.91. The fourth-order valence-corrected chi connectivity index (χ4v) is 2.70. The number of nitrogens with zero attached hydrogens (tertiary/aromatic N) is 1. The molecular weight excluding hydrogens is 260 g/mol. The number of amides is 2. The highest BCUT2D eigenvalue weighted by atomic mass is 16.4. The van der Waals surface area contributed by atoms with Gasteiger partial charge in [0.1, 0.15) is 6.04 Å². The Kier molecular flexibility index (Phi) is 2.93. The second-order valence-electron chi connectivity index (χ2n) is 5.14. The van der Waals surface area contributed by atoms with E-state index >= 15 is 0 Å². The average Bonchev–Trinajstić information content (AvgIpc) is 3.02. The number of fused-ring (bicyclic) bond motifs is 1. The molecule has 2 aliphatic heterocycles. The molecule has 6 nitrogen and oxygen atoms in total. The number of carboxylic acid groups (broad SMARTS) is 1. The molecule has 104 valence electrons. The van der Waals surface area contributed by atoms with E-state index in [2.05, 4.69) is 5.32 Å². The van der Waals surface area contributed by atoms with Crippen LogP contribution in [0.25, 0.3) is 0 Å². The number of benzene rings is 1. The van der Waals surface area contributed by atoms with Gasteiger partial charge in [0, 0.05) is 19.5 Å². The van der Waals surface area contributed by atoms with E-state index in [9.17, 15) is 14.4 Å². The van der Waals surface area contributed by atoms with Crippen LogP contribution < -0.4 is 5.32 Å². The van der Waals surface area contributed by atoms with Crippen molar-refractivity contribution in [3.8, 4) is 0 Å². The second kappa shape index (κ2) is 4.63. The molecule has 6 heteroatoms. The van der Waals surface area contributed by atoms with Crippen LogP contribution >= 0.6 is 0 Å². The van der Waals surface area contributed by atoms with Gasteiger partial charge in [-0.2, -0.15) is 0 Å². The van der Waals surface area contributed by atoms with Gasteiger partial charge in [-0.25, -0.2) is 4.79 Å². The zero-order valence-corrected chi connectivity index (χ0v) is 10.8. The van der Waals surface area contributed by atoms with E-state index in [1.165, 1.54) is 0 Å². The van der Waals surface area contributed by atoms with Crippen molar-refractivity contribution in [1.29, 1.82) is 0 Å². The van der Waals surface area contributed by atoms with Gasteiger partial charge >= 0.3 is 5.97 Å². The van der Waals surface area contributed by atoms with Crippen LogP contribution in [0.2, 0.25) is 0 Å². The molecule has 2 aliphatic rings. The normalized spacial score (nSPS) is 20.7. The lowest BCUT2D eigenvalue weighted by Gasteiger charge is -2.19. The molecule has 1 aromatic carbocycles. The first kappa shape index (κ1) is 12.7. The smallest absolute Gasteiger partial charge is 0.335 e. The second-order valence-corrected chi connectivity index (χ2v) is 5.14. The Hall–Kier alpha value is -2.37. The number of aromatic carboxylic acids is 1. The quantitative estimate of drug-likeness (QED) is 0.822. The van der Waals surface area contributed by atoms with Gasteiger partial charge in [0.15, 0.2) is 0 Å². The van der Waals surface area contributed by atoms with Crippen molar-refractivity contribution < 1.29 is 19.5 Å². The van der Waals surface area contributed by atoms with Crippen LogP contribution in [0, 0.1) is 0 Å². The largest absolute Gasteiger partial charge is 0.478 e. The molecule has 0 bridgehead atoms. The summed E-state index contributed by atoms with van der Waals surface area (Å²) in [7, 11) is 0. The van der Waals surface area contributed by atoms with Crippen molar-refractivity contribution in [2.45, 2.75) is 32.0 Å². The Morgan fingerprint density at radius 3 is 2.65 bits per heavy atom. The lowest BCUT2D eigenvalue weighted by atomic mass is 10.1. The SMILES string of the molecule is O=C1CC[C@@H](C(=O)N2Cc3ccc(C(=O)O)cc3C2)N1. The number of carboxylic acids is 1. The molecule has 0 aromatic heterocycles. The predicted molar refractivity (Wildman–Crippen MR) is 68.8 cm³/mol. The van der Waals surface area contributed by atoms with Crippen molar-refractivity contribution in [1.82, 2.24) is 10.2 Å². The van der Waals surface area contributed by atoms with E-state index in [4.69, 9.17) is 5.11 Å². The summed E-state index contributed by atoms with van der Waals surface area (Å²) in [5.74, 6) is -1.15. The standard InChI is InChI=1S/C14H14N2O4/c17-12-4-3-11(15-12)13(18)16-6-9-2-1-8(14(19)20)5-10(9)7-16/h1-2,5,11H,3-4,6-7H2,(H,15,17)(H,19,20)/t11-/m0/s1. The first-order valence-corrected chi connectivity index (χ1v) is 6.48. The number of hydrogen-bond donors (Lipinski definition) is 2. The maximum absolute atomic E-state index is 12.3. The van der Waals surface area contributed by atoms with Crippen LogP contribution in [-0.4, -0.2) is 33.8 Å². The molecule has 0 aliphatic carbocycles. The zero-order chi connectivity index (χ0) is 14.3. The Bertz CT molecular complexity index is 611. The summed E-state index contributed by atoms with van der Waals surface area (Å²) >= 11 is 0. The Morgan fingerprint density at radius 1 is 1.25 bits per heavy atom. The number of hydrogen-bond acceptors (Lipinski definition) is 3. The highest BCUT2D eigenvalue weighted by Crippen LogP contribution is 2.25. The van der Waals surface area contributed by atoms with E-state index < -0.39 is 12.0 Å². The van der Waals surface area contributed by atoms with E-state index in [1.807, 2.05) is 0 Å². The summed E-state index contributed by atoms with van der Waals surface area (Å²) in [6, 6.07) is 4.47. The minimum absolute atomic E-state index is 0.0896. The van der Waals surface area contributed by atoms with Gasteiger partial charge < -0.3 is 15.3 Å². The molecule has 3 rings (SSSR count). The van der Waals surface area contributed by atoms with E-state index in [0.717, 1.165) is 11.1 Å². The summed E-state index contributed by atoms with van der Waals surface area (Å²) < 4.78 is 0. The summed E-state index contributed by atoms with van der Waals surface area (Å²) in [5, 5.41) is 11.6. The van der Waals surface area contributed by atoms with Crippen molar-refractivity contribution in [3.05, 3.63) is 34.9 Å². The fourth-order valence-electron chi connectivity index (χ4n) is 2.70. The summed E-state index contributed by atoms with van der Waals surface area (Å²) in [6.45, 7) is 0.877. The minimum atomic E-state index is -0.972. The molecule has 0 unspecified atom stereocenters. The maximum atomic E-state index is 12.3. The van der Waals surface area contributed by atoms with Crippen LogP contribution in [0.1, 0.15) is 34.3 Å². The van der Waals surface area contributed by atoms with Gasteiger partial charge in [-0.05, 0) is 29.7 Å². The minimum Gasteiger partial charge on any atom is -0.478 e. The fraction of sp³-hybridized carbons (Fsp3) is 0.357. The third-order valence-electron chi connectivity index (χ3n) is 3.78. The summed E-state index contributed by atoms with van der Waals surface area (Å²) in [5.41, 5.74) is 2.06. The van der Waals surface area contributed by atoms with Gasteiger partial charge in [0.2, 0.25) is 11.8 Å². The molecule has 1 aromatic rings. The summed E-state index contributed by atoms with van der Waals surface area (Å²) in [6.07, 6.45) is 0.922. The highest BCUT2D eigenvalue weighted by Gasteiger charge is 2.33. The van der Waals surface area contributed by atoms with Crippen molar-refractivity contribution in [3.63, 3.8) is 0 Å².